The van der Waals surface area contributed by atoms with E-state index < -0.39 is 0 Å². The van der Waals surface area contributed by atoms with E-state index in [0.717, 1.165) is 18.0 Å². The van der Waals surface area contributed by atoms with E-state index in [1.54, 1.807) is 0 Å². The zero-order chi connectivity index (χ0) is 16.6. The van der Waals surface area contributed by atoms with Crippen LogP contribution in [0.3, 0.4) is 0 Å². The van der Waals surface area contributed by atoms with Crippen molar-refractivity contribution >= 4 is 5.57 Å². The van der Waals surface area contributed by atoms with Crippen molar-refractivity contribution in [1.29, 1.82) is 0 Å². The first-order chi connectivity index (χ1) is 11.8. The van der Waals surface area contributed by atoms with E-state index in [1.807, 2.05) is 0 Å². The topological polar surface area (TPSA) is 12.9 Å². The summed E-state index contributed by atoms with van der Waals surface area (Å²) < 4.78 is 0. The third-order valence-electron chi connectivity index (χ3n) is 4.87. The standard InChI is InChI=1S/C23H27N/c1-2-8-21(22-11-4-3-5-12-22)14-16-23-15-13-20(18-24-23)17-19-9-6-7-10-19/h2-5,8,11-15,18-19H,6-7,9-10,16-17H2,1H3/b8-2-,21-14+. The lowest BCUT2D eigenvalue weighted by molar-refractivity contribution is 0.545. The minimum atomic E-state index is 0.873. The average molecular weight is 317 g/mol. The summed E-state index contributed by atoms with van der Waals surface area (Å²) in [5.41, 5.74) is 5.05. The van der Waals surface area contributed by atoms with E-state index in [2.05, 4.69) is 78.8 Å². The Bertz CT molecular complexity index is 674. The molecular formula is C23H27N. The molecule has 0 spiro atoms. The maximum absolute atomic E-state index is 4.68. The number of hydrogen-bond acceptors (Lipinski definition) is 1. The summed E-state index contributed by atoms with van der Waals surface area (Å²) in [5, 5.41) is 0. The van der Waals surface area contributed by atoms with Crippen molar-refractivity contribution in [1.82, 2.24) is 4.98 Å². The summed E-state index contributed by atoms with van der Waals surface area (Å²) in [6.07, 6.45) is 16.3. The van der Waals surface area contributed by atoms with Crippen LogP contribution in [0.1, 0.15) is 49.4 Å². The van der Waals surface area contributed by atoms with Gasteiger partial charge in [-0.05, 0) is 42.0 Å². The van der Waals surface area contributed by atoms with Crippen LogP contribution < -0.4 is 0 Å². The Morgan fingerprint density at radius 2 is 1.88 bits per heavy atom. The van der Waals surface area contributed by atoms with E-state index in [0.29, 0.717) is 0 Å². The van der Waals surface area contributed by atoms with Gasteiger partial charge in [-0.3, -0.25) is 4.98 Å². The predicted molar refractivity (Wildman–Crippen MR) is 103 cm³/mol. The van der Waals surface area contributed by atoms with Gasteiger partial charge < -0.3 is 0 Å². The molecule has 1 heteroatoms. The smallest absolute Gasteiger partial charge is 0.0441 e. The molecule has 1 saturated carbocycles. The number of allylic oxidation sites excluding steroid dienone is 4. The molecule has 0 saturated heterocycles. The van der Waals surface area contributed by atoms with Crippen molar-refractivity contribution in [3.05, 3.63) is 83.7 Å². The molecule has 1 nitrogen and oxygen atoms in total. The fraction of sp³-hybridized carbons (Fsp3) is 0.348. The summed E-state index contributed by atoms with van der Waals surface area (Å²) in [5.74, 6) is 0.886. The van der Waals surface area contributed by atoms with Gasteiger partial charge >= 0.3 is 0 Å². The van der Waals surface area contributed by atoms with Crippen molar-refractivity contribution < 1.29 is 0 Å². The molecule has 1 aliphatic rings. The van der Waals surface area contributed by atoms with Gasteiger partial charge in [0.15, 0.2) is 0 Å². The first-order valence-corrected chi connectivity index (χ1v) is 9.17. The molecule has 1 fully saturated rings. The van der Waals surface area contributed by atoms with Gasteiger partial charge in [0.05, 0.1) is 0 Å². The maximum Gasteiger partial charge on any atom is 0.0441 e. The lowest BCUT2D eigenvalue weighted by atomic mass is 9.99. The third kappa shape index (κ3) is 4.67. The van der Waals surface area contributed by atoms with Gasteiger partial charge in [-0.25, -0.2) is 0 Å². The van der Waals surface area contributed by atoms with Crippen LogP contribution in [0, 0.1) is 5.92 Å². The molecule has 1 aromatic heterocycles. The lowest BCUT2D eigenvalue weighted by Gasteiger charge is -2.09. The molecule has 0 atom stereocenters. The summed E-state index contributed by atoms with van der Waals surface area (Å²) in [4.78, 5) is 4.68. The molecule has 0 N–H and O–H groups in total. The molecule has 2 aromatic rings. The van der Waals surface area contributed by atoms with Crippen molar-refractivity contribution in [2.24, 2.45) is 5.92 Å². The SMILES string of the molecule is C/C=C\C(=C/Cc1ccc(CC2CCCC2)cn1)c1ccccc1. The second-order valence-corrected chi connectivity index (χ2v) is 6.74. The van der Waals surface area contributed by atoms with Gasteiger partial charge in [0.1, 0.15) is 0 Å². The van der Waals surface area contributed by atoms with Gasteiger partial charge in [0.2, 0.25) is 0 Å². The van der Waals surface area contributed by atoms with Crippen LogP contribution in [-0.4, -0.2) is 4.98 Å². The minimum Gasteiger partial charge on any atom is -0.261 e. The molecule has 0 unspecified atom stereocenters. The molecule has 0 bridgehead atoms. The highest BCUT2D eigenvalue weighted by molar-refractivity contribution is 5.73. The molecule has 1 aromatic carbocycles. The Balaban J connectivity index is 1.65. The quantitative estimate of drug-likeness (QED) is 0.594. The van der Waals surface area contributed by atoms with E-state index >= 15 is 0 Å². The average Bonchev–Trinajstić information content (AvgIpc) is 3.14. The summed E-state index contributed by atoms with van der Waals surface area (Å²) in [7, 11) is 0. The second kappa shape index (κ2) is 8.63. The van der Waals surface area contributed by atoms with Crippen LogP contribution in [0.5, 0.6) is 0 Å². The van der Waals surface area contributed by atoms with Gasteiger partial charge in [0.25, 0.3) is 0 Å². The Morgan fingerprint density at radius 3 is 2.54 bits per heavy atom. The molecule has 1 heterocycles. The van der Waals surface area contributed by atoms with E-state index in [4.69, 9.17) is 0 Å². The lowest BCUT2D eigenvalue weighted by Crippen LogP contribution is -2.00. The molecule has 0 aliphatic heterocycles. The zero-order valence-corrected chi connectivity index (χ0v) is 14.6. The molecular weight excluding hydrogens is 290 g/mol. The highest BCUT2D eigenvalue weighted by Gasteiger charge is 2.15. The summed E-state index contributed by atoms with van der Waals surface area (Å²) >= 11 is 0. The highest BCUT2D eigenvalue weighted by atomic mass is 14.7. The van der Waals surface area contributed by atoms with Crippen LogP contribution in [0.4, 0.5) is 0 Å². The zero-order valence-electron chi connectivity index (χ0n) is 14.6. The van der Waals surface area contributed by atoms with Crippen molar-refractivity contribution in [3.63, 3.8) is 0 Å². The van der Waals surface area contributed by atoms with E-state index in [-0.39, 0.29) is 0 Å². The molecule has 0 amide bonds. The first kappa shape index (κ1) is 16.7. The Hall–Kier alpha value is -2.15. The number of benzene rings is 1. The number of nitrogens with zero attached hydrogens (tertiary/aromatic N) is 1. The van der Waals surface area contributed by atoms with Crippen LogP contribution >= 0.6 is 0 Å². The fourth-order valence-corrected chi connectivity index (χ4v) is 3.55. The largest absolute Gasteiger partial charge is 0.261 e. The first-order valence-electron chi connectivity index (χ1n) is 9.17. The number of rotatable bonds is 6. The third-order valence-corrected chi connectivity index (χ3v) is 4.87. The van der Waals surface area contributed by atoms with Gasteiger partial charge in [-0.1, -0.05) is 80.3 Å². The van der Waals surface area contributed by atoms with Gasteiger partial charge in [-0.15, -0.1) is 0 Å². The van der Waals surface area contributed by atoms with Crippen LogP contribution in [-0.2, 0) is 12.8 Å². The van der Waals surface area contributed by atoms with E-state index in [9.17, 15) is 0 Å². The van der Waals surface area contributed by atoms with Crippen molar-refractivity contribution in [2.45, 2.75) is 45.4 Å². The van der Waals surface area contributed by atoms with Crippen molar-refractivity contribution in [2.75, 3.05) is 0 Å². The molecule has 3 rings (SSSR count). The molecule has 0 radical (unpaired) electrons. The fourth-order valence-electron chi connectivity index (χ4n) is 3.55. The molecule has 124 valence electrons. The monoisotopic (exact) mass is 317 g/mol. The second-order valence-electron chi connectivity index (χ2n) is 6.74. The maximum atomic E-state index is 4.68. The number of aromatic nitrogens is 1. The van der Waals surface area contributed by atoms with Crippen molar-refractivity contribution in [3.8, 4) is 0 Å². The van der Waals surface area contributed by atoms with Crippen LogP contribution in [0.15, 0.2) is 66.9 Å². The number of hydrogen-bond donors (Lipinski definition) is 0. The summed E-state index contributed by atoms with van der Waals surface area (Å²) in [6.45, 7) is 2.06. The Labute approximate surface area is 146 Å². The molecule has 1 aliphatic carbocycles. The Morgan fingerprint density at radius 1 is 1.08 bits per heavy atom. The highest BCUT2D eigenvalue weighted by Crippen LogP contribution is 2.27. The van der Waals surface area contributed by atoms with Gasteiger partial charge in [0, 0.05) is 18.3 Å². The minimum absolute atomic E-state index is 0.873. The summed E-state index contributed by atoms with van der Waals surface area (Å²) in [6, 6.07) is 15.0. The number of pyridine rings is 1. The van der Waals surface area contributed by atoms with Gasteiger partial charge in [-0.2, -0.15) is 0 Å². The normalized spacial score (nSPS) is 16.1. The predicted octanol–water partition coefficient (Wildman–Crippen LogP) is 6.02. The van der Waals surface area contributed by atoms with Crippen LogP contribution in [0.25, 0.3) is 5.57 Å². The van der Waals surface area contributed by atoms with Crippen LogP contribution in [0.2, 0.25) is 0 Å². The Kier molecular flexibility index (Phi) is 6.01. The molecule has 24 heavy (non-hydrogen) atoms. The van der Waals surface area contributed by atoms with E-state index in [1.165, 1.54) is 48.8 Å².